The first-order chi connectivity index (χ1) is 28.3. The summed E-state index contributed by atoms with van der Waals surface area (Å²) in [6, 6.07) is 25.6. The molecule has 2 saturated heterocycles. The topological polar surface area (TPSA) is 116 Å². The molecular weight excluding hydrogens is 1000 g/mol. The van der Waals surface area contributed by atoms with Gasteiger partial charge in [-0.15, -0.1) is 22.7 Å². The molecule has 0 aliphatic carbocycles. The van der Waals surface area contributed by atoms with Gasteiger partial charge in [-0.05, 0) is 61.0 Å². The largest absolute Gasteiger partial charge is 0.496 e. The number of aryl methyl sites for hydroxylation is 1. The number of sulfonamides is 2. The summed E-state index contributed by atoms with van der Waals surface area (Å²) in [4.78, 5) is 14.1. The molecule has 4 aromatic carbocycles. The Morgan fingerprint density at radius 3 is 1.47 bits per heavy atom. The zero-order chi connectivity index (χ0) is 41.9. The van der Waals surface area contributed by atoms with Gasteiger partial charge in [0.15, 0.2) is 10.3 Å². The van der Waals surface area contributed by atoms with Gasteiger partial charge < -0.3 is 14.5 Å². The second-order valence-electron chi connectivity index (χ2n) is 13.5. The van der Waals surface area contributed by atoms with E-state index in [1.165, 1.54) is 20.2 Å². The van der Waals surface area contributed by atoms with Crippen LogP contribution in [-0.4, -0.2) is 94.9 Å². The van der Waals surface area contributed by atoms with Crippen LogP contribution in [0.15, 0.2) is 114 Å². The van der Waals surface area contributed by atoms with Gasteiger partial charge in [-0.1, -0.05) is 91.5 Å². The summed E-state index contributed by atoms with van der Waals surface area (Å²) in [5.74, 6) is 0.775. The van der Waals surface area contributed by atoms with Crippen LogP contribution in [0.1, 0.15) is 5.56 Å². The SMILES string of the molecule is COc1ccccc1-c1csc(N2CCN(S(=O)(=O)c3ccc(Br)cc3Cl)CC2)n1.Cc1ccccc1-c1csc(N2CCN(S(=O)(=O)c3ccc(Br)cc3Cl)CC2)n1. The zero-order valence-corrected chi connectivity index (χ0v) is 39.7. The number of hydrogen-bond acceptors (Lipinski definition) is 11. The predicted molar refractivity (Wildman–Crippen MR) is 247 cm³/mol. The third kappa shape index (κ3) is 9.85. The van der Waals surface area contributed by atoms with Crippen LogP contribution in [0.2, 0.25) is 10.0 Å². The average Bonchev–Trinajstić information content (AvgIpc) is 3.93. The van der Waals surface area contributed by atoms with Crippen LogP contribution >= 0.6 is 77.7 Å². The monoisotopic (exact) mass is 1040 g/mol. The van der Waals surface area contributed by atoms with E-state index in [9.17, 15) is 16.8 Å². The Balaban J connectivity index is 0.000000179. The molecule has 0 atom stereocenters. The molecule has 11 nitrogen and oxygen atoms in total. The van der Waals surface area contributed by atoms with Crippen molar-refractivity contribution in [3.05, 3.63) is 120 Å². The molecule has 8 rings (SSSR count). The van der Waals surface area contributed by atoms with Crippen molar-refractivity contribution >= 4 is 108 Å². The molecular formula is C40H38Br2Cl2N6O5S4. The van der Waals surface area contributed by atoms with E-state index in [1.807, 2.05) is 41.8 Å². The fraction of sp³-hybridized carbons (Fsp3) is 0.250. The minimum Gasteiger partial charge on any atom is -0.496 e. The molecule has 2 aromatic heterocycles. The smallest absolute Gasteiger partial charge is 0.244 e. The Labute approximate surface area is 379 Å². The number of methoxy groups -OCH3 is 1. The fourth-order valence-corrected chi connectivity index (χ4v) is 13.3. The van der Waals surface area contributed by atoms with Crippen LogP contribution in [0.5, 0.6) is 5.75 Å². The van der Waals surface area contributed by atoms with Crippen LogP contribution in [-0.2, 0) is 20.0 Å². The number of hydrogen-bond donors (Lipinski definition) is 0. The van der Waals surface area contributed by atoms with Crippen molar-refractivity contribution in [2.75, 3.05) is 69.3 Å². The number of nitrogens with zero attached hydrogens (tertiary/aromatic N) is 6. The molecule has 0 unspecified atom stereocenters. The fourth-order valence-electron chi connectivity index (χ4n) is 6.67. The van der Waals surface area contributed by atoms with E-state index in [2.05, 4.69) is 66.1 Å². The number of piperazine rings is 2. The van der Waals surface area contributed by atoms with Crippen LogP contribution < -0.4 is 14.5 Å². The minimum atomic E-state index is -3.64. The number of ether oxygens (including phenoxy) is 1. The van der Waals surface area contributed by atoms with E-state index in [0.29, 0.717) is 52.4 Å². The number of anilines is 2. The lowest BCUT2D eigenvalue weighted by Crippen LogP contribution is -2.48. The van der Waals surface area contributed by atoms with Crippen LogP contribution in [0.4, 0.5) is 10.3 Å². The average molecular weight is 1040 g/mol. The van der Waals surface area contributed by atoms with E-state index in [0.717, 1.165) is 47.5 Å². The summed E-state index contributed by atoms with van der Waals surface area (Å²) in [6.07, 6.45) is 0. The highest BCUT2D eigenvalue weighted by Gasteiger charge is 2.32. The molecule has 0 amide bonds. The number of para-hydroxylation sites is 1. The molecule has 0 radical (unpaired) electrons. The van der Waals surface area contributed by atoms with E-state index in [-0.39, 0.29) is 19.8 Å². The van der Waals surface area contributed by atoms with Crippen molar-refractivity contribution in [2.45, 2.75) is 16.7 Å². The van der Waals surface area contributed by atoms with Gasteiger partial charge in [-0.25, -0.2) is 26.8 Å². The first-order valence-electron chi connectivity index (χ1n) is 18.3. The number of halogens is 4. The molecule has 310 valence electrons. The van der Waals surface area contributed by atoms with Crippen LogP contribution in [0, 0.1) is 6.92 Å². The highest BCUT2D eigenvalue weighted by atomic mass is 79.9. The predicted octanol–water partition coefficient (Wildman–Crippen LogP) is 9.79. The summed E-state index contributed by atoms with van der Waals surface area (Å²) in [5, 5.41) is 6.29. The molecule has 6 aromatic rings. The summed E-state index contributed by atoms with van der Waals surface area (Å²) in [5.41, 5.74) is 5.06. The zero-order valence-electron chi connectivity index (χ0n) is 31.8. The molecule has 2 aliphatic rings. The molecule has 0 N–H and O–H groups in total. The van der Waals surface area contributed by atoms with Gasteiger partial charge >= 0.3 is 0 Å². The van der Waals surface area contributed by atoms with Gasteiger partial charge in [0.05, 0.1) is 28.5 Å². The van der Waals surface area contributed by atoms with E-state index in [4.69, 9.17) is 37.9 Å². The highest BCUT2D eigenvalue weighted by molar-refractivity contribution is 9.10. The lowest BCUT2D eigenvalue weighted by molar-refractivity contribution is 0.384. The summed E-state index contributed by atoms with van der Waals surface area (Å²) in [7, 11) is -5.62. The molecule has 19 heteroatoms. The first kappa shape index (κ1) is 44.0. The van der Waals surface area contributed by atoms with E-state index in [1.54, 1.807) is 60.1 Å². The molecule has 2 fully saturated rings. The first-order valence-corrected chi connectivity index (χ1v) is 25.2. The van der Waals surface area contributed by atoms with Crippen molar-refractivity contribution in [3.63, 3.8) is 0 Å². The summed E-state index contributed by atoms with van der Waals surface area (Å²) in [6.45, 7) is 5.92. The lowest BCUT2D eigenvalue weighted by atomic mass is 10.1. The Hall–Kier alpha value is -3.10. The van der Waals surface area contributed by atoms with Crippen molar-refractivity contribution in [1.29, 1.82) is 0 Å². The summed E-state index contributed by atoms with van der Waals surface area (Å²) < 4.78 is 61.9. The molecule has 0 saturated carbocycles. The molecule has 4 heterocycles. The molecule has 0 spiro atoms. The lowest BCUT2D eigenvalue weighted by Gasteiger charge is -2.34. The Bertz CT molecular complexity index is 2670. The van der Waals surface area contributed by atoms with Gasteiger partial charge in [0, 0.05) is 83.2 Å². The third-order valence-corrected chi connectivity index (χ3v) is 17.4. The van der Waals surface area contributed by atoms with Gasteiger partial charge in [0.1, 0.15) is 15.5 Å². The van der Waals surface area contributed by atoms with Crippen LogP contribution in [0.25, 0.3) is 22.5 Å². The Kier molecular flexibility index (Phi) is 14.1. The van der Waals surface area contributed by atoms with Crippen molar-refractivity contribution in [2.24, 2.45) is 0 Å². The Morgan fingerprint density at radius 1 is 0.610 bits per heavy atom. The van der Waals surface area contributed by atoms with E-state index < -0.39 is 20.0 Å². The van der Waals surface area contributed by atoms with Gasteiger partial charge in [0.2, 0.25) is 20.0 Å². The van der Waals surface area contributed by atoms with Gasteiger partial charge in [-0.2, -0.15) is 8.61 Å². The number of benzene rings is 4. The maximum absolute atomic E-state index is 13.0. The quantitative estimate of drug-likeness (QED) is 0.140. The van der Waals surface area contributed by atoms with Crippen LogP contribution in [0.3, 0.4) is 0 Å². The minimum absolute atomic E-state index is 0.133. The number of aromatic nitrogens is 2. The second-order valence-corrected chi connectivity index (χ2v) is 21.6. The molecule has 59 heavy (non-hydrogen) atoms. The summed E-state index contributed by atoms with van der Waals surface area (Å²) >= 11 is 22.1. The highest BCUT2D eigenvalue weighted by Crippen LogP contribution is 2.35. The van der Waals surface area contributed by atoms with Gasteiger partial charge in [0.25, 0.3) is 0 Å². The van der Waals surface area contributed by atoms with Crippen molar-refractivity contribution < 1.29 is 21.6 Å². The van der Waals surface area contributed by atoms with E-state index >= 15 is 0 Å². The molecule has 0 bridgehead atoms. The van der Waals surface area contributed by atoms with Gasteiger partial charge in [-0.3, -0.25) is 0 Å². The molecule has 2 aliphatic heterocycles. The third-order valence-electron chi connectivity index (χ3n) is 9.83. The van der Waals surface area contributed by atoms with Crippen molar-refractivity contribution in [3.8, 4) is 28.3 Å². The Morgan fingerprint density at radius 2 is 1.03 bits per heavy atom. The maximum Gasteiger partial charge on any atom is 0.244 e. The number of thiazole rings is 2. The standard InChI is InChI=1S/C20H19BrClN3O3S2.C20H19BrClN3O2S2/c1-28-18-5-3-2-4-15(18)17-13-29-20(23-17)24-8-10-25(11-9-24)30(26,27)19-7-6-14(21)12-16(19)22;1-14-4-2-3-5-16(14)18-13-28-20(23-18)24-8-10-25(11-9-24)29(26,27)19-7-6-15(21)12-17(19)22/h2-7,12-13H,8-11H2,1H3;2-7,12-13H,8-11H2,1H3. The van der Waals surface area contributed by atoms with Crippen molar-refractivity contribution in [1.82, 2.24) is 18.6 Å². The normalized spacial score (nSPS) is 15.5. The maximum atomic E-state index is 13.0. The number of rotatable bonds is 9. The second kappa shape index (κ2) is 18.9.